The number of imidazole rings is 1. The predicted molar refractivity (Wildman–Crippen MR) is 124 cm³/mol. The van der Waals surface area contributed by atoms with Crippen LogP contribution in [0.1, 0.15) is 16.1 Å². The van der Waals surface area contributed by atoms with Crippen LogP contribution in [0, 0.1) is 0 Å². The number of para-hydroxylation sites is 2. The first-order valence-electron chi connectivity index (χ1n) is 9.97. The number of carbonyl (C=O) groups excluding carboxylic acids is 1. The highest BCUT2D eigenvalue weighted by Crippen LogP contribution is 2.25. The maximum atomic E-state index is 12.5. The molecule has 3 aromatic heterocycles. The first-order valence-corrected chi connectivity index (χ1v) is 10.8. The lowest BCUT2D eigenvalue weighted by Gasteiger charge is -2.06. The van der Waals surface area contributed by atoms with E-state index in [2.05, 4.69) is 20.3 Å². The van der Waals surface area contributed by atoms with Crippen LogP contribution in [0.3, 0.4) is 0 Å². The summed E-state index contributed by atoms with van der Waals surface area (Å²) in [6.07, 6.45) is 3.52. The minimum absolute atomic E-state index is 0.217. The summed E-state index contributed by atoms with van der Waals surface area (Å²) >= 11 is 1.43. The molecule has 0 unspecified atom stereocenters. The van der Waals surface area contributed by atoms with Crippen LogP contribution >= 0.6 is 11.3 Å². The second kappa shape index (κ2) is 8.60. The molecule has 7 nitrogen and oxygen atoms in total. The molecule has 2 aromatic carbocycles. The van der Waals surface area contributed by atoms with Gasteiger partial charge in [-0.3, -0.25) is 9.36 Å². The number of aromatic nitrogens is 4. The molecule has 0 aliphatic heterocycles. The Kier molecular flexibility index (Phi) is 5.35. The van der Waals surface area contributed by atoms with Crippen LogP contribution in [-0.2, 0) is 6.54 Å². The molecule has 0 saturated carbocycles. The monoisotopic (exact) mass is 441 g/mol. The van der Waals surface area contributed by atoms with Crippen LogP contribution in [0.4, 0.5) is 0 Å². The van der Waals surface area contributed by atoms with E-state index in [9.17, 15) is 4.79 Å². The van der Waals surface area contributed by atoms with Crippen molar-refractivity contribution in [3.05, 3.63) is 89.8 Å². The average molecular weight is 442 g/mol. The first kappa shape index (κ1) is 19.9. The van der Waals surface area contributed by atoms with Crippen LogP contribution in [0.15, 0.2) is 78.6 Å². The molecule has 32 heavy (non-hydrogen) atoms. The normalized spacial score (nSPS) is 10.9. The number of rotatable bonds is 6. The molecule has 0 bridgehead atoms. The van der Waals surface area contributed by atoms with Crippen LogP contribution in [0.5, 0.6) is 5.75 Å². The summed E-state index contributed by atoms with van der Waals surface area (Å²) in [6, 6.07) is 19.4. The van der Waals surface area contributed by atoms with Gasteiger partial charge < -0.3 is 10.1 Å². The third-order valence-corrected chi connectivity index (χ3v) is 5.93. The number of pyridine rings is 1. The summed E-state index contributed by atoms with van der Waals surface area (Å²) in [4.78, 5) is 25.9. The minimum Gasteiger partial charge on any atom is -0.497 e. The highest BCUT2D eigenvalue weighted by molar-refractivity contribution is 7.13. The van der Waals surface area contributed by atoms with Crippen LogP contribution in [-0.4, -0.2) is 32.5 Å². The number of hydrogen-bond acceptors (Lipinski definition) is 6. The van der Waals surface area contributed by atoms with Crippen molar-refractivity contribution in [2.45, 2.75) is 6.54 Å². The van der Waals surface area contributed by atoms with Gasteiger partial charge in [-0.25, -0.2) is 15.0 Å². The van der Waals surface area contributed by atoms with Crippen molar-refractivity contribution in [2.75, 3.05) is 7.11 Å². The molecule has 0 radical (unpaired) electrons. The van der Waals surface area contributed by atoms with Gasteiger partial charge in [0, 0.05) is 23.7 Å². The Bertz CT molecular complexity index is 1370. The molecule has 0 spiro atoms. The molecule has 1 N–H and O–H groups in total. The van der Waals surface area contributed by atoms with Gasteiger partial charge in [-0.2, -0.15) is 0 Å². The van der Waals surface area contributed by atoms with E-state index in [0.717, 1.165) is 38.7 Å². The summed E-state index contributed by atoms with van der Waals surface area (Å²) in [5.74, 6) is 1.34. The molecular formula is C24H19N5O2S. The van der Waals surface area contributed by atoms with Gasteiger partial charge in [-0.15, -0.1) is 11.3 Å². The van der Waals surface area contributed by atoms with Crippen molar-refractivity contribution in [1.29, 1.82) is 0 Å². The van der Waals surface area contributed by atoms with E-state index in [4.69, 9.17) is 4.74 Å². The third-order valence-electron chi connectivity index (χ3n) is 5.04. The van der Waals surface area contributed by atoms with Crippen molar-refractivity contribution < 1.29 is 9.53 Å². The largest absolute Gasteiger partial charge is 0.497 e. The van der Waals surface area contributed by atoms with Gasteiger partial charge in [-0.05, 0) is 48.0 Å². The summed E-state index contributed by atoms with van der Waals surface area (Å²) in [5.41, 5.74) is 4.16. The summed E-state index contributed by atoms with van der Waals surface area (Å²) in [5, 5.41) is 5.46. The van der Waals surface area contributed by atoms with E-state index < -0.39 is 0 Å². The Balaban J connectivity index is 1.24. The van der Waals surface area contributed by atoms with Gasteiger partial charge in [0.2, 0.25) is 0 Å². The molecule has 0 fully saturated rings. The maximum Gasteiger partial charge on any atom is 0.271 e. The van der Waals surface area contributed by atoms with Gasteiger partial charge in [0.05, 0.1) is 18.1 Å². The Hall–Kier alpha value is -4.04. The zero-order chi connectivity index (χ0) is 21.9. The lowest BCUT2D eigenvalue weighted by atomic mass is 10.2. The fourth-order valence-corrected chi connectivity index (χ4v) is 4.13. The summed E-state index contributed by atoms with van der Waals surface area (Å²) < 4.78 is 7.12. The van der Waals surface area contributed by atoms with Crippen LogP contribution in [0.25, 0.3) is 27.4 Å². The number of fused-ring (bicyclic) bond motifs is 1. The van der Waals surface area contributed by atoms with Crippen molar-refractivity contribution >= 4 is 28.3 Å². The fraction of sp³-hybridized carbons (Fsp3) is 0.0833. The number of ether oxygens (including phenoxy) is 1. The fourth-order valence-electron chi connectivity index (χ4n) is 3.32. The van der Waals surface area contributed by atoms with Gasteiger partial charge in [-0.1, -0.05) is 18.2 Å². The molecule has 5 rings (SSSR count). The van der Waals surface area contributed by atoms with E-state index in [1.165, 1.54) is 11.3 Å². The zero-order valence-electron chi connectivity index (χ0n) is 17.2. The van der Waals surface area contributed by atoms with Crippen molar-refractivity contribution in [2.24, 2.45) is 0 Å². The highest BCUT2D eigenvalue weighted by Gasteiger charge is 2.12. The van der Waals surface area contributed by atoms with Gasteiger partial charge >= 0.3 is 0 Å². The minimum atomic E-state index is -0.217. The third kappa shape index (κ3) is 3.95. The van der Waals surface area contributed by atoms with E-state index >= 15 is 0 Å². The molecule has 8 heteroatoms. The van der Waals surface area contributed by atoms with E-state index in [-0.39, 0.29) is 5.91 Å². The van der Waals surface area contributed by atoms with E-state index in [1.54, 1.807) is 25.0 Å². The standard InChI is InChI=1S/C24H19N5O2S/c1-31-18-9-7-17(8-10-18)24-28-20(14-32-24)23(30)26-13-16-6-11-22(25-12-16)29-15-27-19-4-2-3-5-21(19)29/h2-12,14-15H,13H2,1H3,(H,26,30). The number of amides is 1. The van der Waals surface area contributed by atoms with Crippen LogP contribution < -0.4 is 10.1 Å². The highest BCUT2D eigenvalue weighted by atomic mass is 32.1. The molecule has 5 aromatic rings. The van der Waals surface area contributed by atoms with Crippen molar-refractivity contribution in [3.63, 3.8) is 0 Å². The maximum absolute atomic E-state index is 12.5. The van der Waals surface area contributed by atoms with Gasteiger partial charge in [0.25, 0.3) is 5.91 Å². The number of carbonyl (C=O) groups is 1. The number of nitrogens with one attached hydrogen (secondary N) is 1. The molecule has 0 aliphatic carbocycles. The zero-order valence-corrected chi connectivity index (χ0v) is 18.0. The second-order valence-corrected chi connectivity index (χ2v) is 7.94. The number of hydrogen-bond donors (Lipinski definition) is 1. The predicted octanol–water partition coefficient (Wildman–Crippen LogP) is 4.48. The molecular weight excluding hydrogens is 422 g/mol. The number of thiazole rings is 1. The number of nitrogens with zero attached hydrogens (tertiary/aromatic N) is 4. The van der Waals surface area contributed by atoms with E-state index in [1.807, 2.05) is 65.2 Å². The Labute approximate surface area is 188 Å². The first-order chi connectivity index (χ1) is 15.7. The molecule has 3 heterocycles. The van der Waals surface area contributed by atoms with Crippen molar-refractivity contribution in [1.82, 2.24) is 24.8 Å². The summed E-state index contributed by atoms with van der Waals surface area (Å²) in [7, 11) is 1.63. The molecule has 1 amide bonds. The molecule has 0 aliphatic rings. The Morgan fingerprint density at radius 3 is 2.69 bits per heavy atom. The summed E-state index contributed by atoms with van der Waals surface area (Å²) in [6.45, 7) is 0.367. The van der Waals surface area contributed by atoms with Gasteiger partial charge in [0.1, 0.15) is 28.6 Å². The average Bonchev–Trinajstić information content (AvgIpc) is 3.51. The smallest absolute Gasteiger partial charge is 0.271 e. The SMILES string of the molecule is COc1ccc(-c2nc(C(=O)NCc3ccc(-n4cnc5ccccc54)nc3)cs2)cc1. The lowest BCUT2D eigenvalue weighted by molar-refractivity contribution is 0.0946. The van der Waals surface area contributed by atoms with Crippen LogP contribution in [0.2, 0.25) is 0 Å². The molecule has 0 saturated heterocycles. The number of benzene rings is 2. The Morgan fingerprint density at radius 2 is 1.91 bits per heavy atom. The van der Waals surface area contributed by atoms with E-state index in [0.29, 0.717) is 12.2 Å². The topological polar surface area (TPSA) is 81.9 Å². The second-order valence-electron chi connectivity index (χ2n) is 7.08. The van der Waals surface area contributed by atoms with Crippen molar-refractivity contribution in [3.8, 4) is 22.1 Å². The number of methoxy groups -OCH3 is 1. The lowest BCUT2D eigenvalue weighted by Crippen LogP contribution is -2.23. The molecule has 158 valence electrons. The Morgan fingerprint density at radius 1 is 1.06 bits per heavy atom. The molecule has 0 atom stereocenters. The quantitative estimate of drug-likeness (QED) is 0.420. The van der Waals surface area contributed by atoms with Gasteiger partial charge in [0.15, 0.2) is 0 Å².